The summed E-state index contributed by atoms with van der Waals surface area (Å²) in [5.41, 5.74) is 7.03. The zero-order chi connectivity index (χ0) is 10.6. The van der Waals surface area contributed by atoms with Crippen LogP contribution in [-0.2, 0) is 0 Å². The van der Waals surface area contributed by atoms with Crippen LogP contribution in [-0.4, -0.2) is 12.6 Å². The first-order valence-corrected chi connectivity index (χ1v) is 4.22. The molecule has 0 aliphatic rings. The molecule has 1 rings (SSSR count). The number of hydrogen-bond donors (Lipinski definition) is 1. The smallest absolute Gasteiger partial charge is 0.320 e. The van der Waals surface area contributed by atoms with Crippen LogP contribution in [0.3, 0.4) is 0 Å². The van der Waals surface area contributed by atoms with Crippen LogP contribution < -0.4 is 10.6 Å². The normalized spacial score (nSPS) is 9.14. The average Bonchev–Trinajstić information content (AvgIpc) is 2.15. The van der Waals surface area contributed by atoms with Gasteiger partial charge in [0.2, 0.25) is 0 Å². The molecule has 0 aliphatic heterocycles. The monoisotopic (exact) mass is 188 g/mol. The molecule has 0 heterocycles. The van der Waals surface area contributed by atoms with Crippen molar-refractivity contribution in [3.05, 3.63) is 29.8 Å². The van der Waals surface area contributed by atoms with Gasteiger partial charge in [-0.2, -0.15) is 0 Å². The first-order chi connectivity index (χ1) is 6.65. The molecule has 0 aliphatic carbocycles. The van der Waals surface area contributed by atoms with Gasteiger partial charge in [-0.3, -0.25) is 4.90 Å². The van der Waals surface area contributed by atoms with Crippen molar-refractivity contribution in [1.82, 2.24) is 0 Å². The third-order valence-electron chi connectivity index (χ3n) is 1.86. The van der Waals surface area contributed by atoms with Gasteiger partial charge >= 0.3 is 6.03 Å². The minimum absolute atomic E-state index is 0.193. The number of nitrogens with two attached hydrogens (primary N) is 1. The Bertz CT molecular complexity index is 362. The van der Waals surface area contributed by atoms with Crippen LogP contribution in [0.25, 0.3) is 0 Å². The molecular formula is C11H12N2O. The van der Waals surface area contributed by atoms with Gasteiger partial charge in [0.05, 0.1) is 6.54 Å². The van der Waals surface area contributed by atoms with Crippen molar-refractivity contribution < 1.29 is 4.79 Å². The second-order valence-electron chi connectivity index (χ2n) is 2.96. The number of hydrogen-bond acceptors (Lipinski definition) is 1. The summed E-state index contributed by atoms with van der Waals surface area (Å²) in [5.74, 6) is 2.39. The molecule has 1 aromatic carbocycles. The molecule has 2 amide bonds. The van der Waals surface area contributed by atoms with Gasteiger partial charge in [0.15, 0.2) is 0 Å². The largest absolute Gasteiger partial charge is 0.351 e. The molecule has 1 aromatic rings. The van der Waals surface area contributed by atoms with E-state index in [1.165, 1.54) is 4.90 Å². The molecule has 0 spiro atoms. The molecule has 0 atom stereocenters. The lowest BCUT2D eigenvalue weighted by Crippen LogP contribution is -2.35. The van der Waals surface area contributed by atoms with Crippen LogP contribution in [0.4, 0.5) is 10.5 Å². The number of urea groups is 1. The van der Waals surface area contributed by atoms with E-state index in [2.05, 4.69) is 5.92 Å². The number of benzene rings is 1. The summed E-state index contributed by atoms with van der Waals surface area (Å²) < 4.78 is 0. The summed E-state index contributed by atoms with van der Waals surface area (Å²) in [4.78, 5) is 12.4. The van der Waals surface area contributed by atoms with Crippen molar-refractivity contribution in [1.29, 1.82) is 0 Å². The Morgan fingerprint density at radius 3 is 2.50 bits per heavy atom. The molecule has 0 aromatic heterocycles. The average molecular weight is 188 g/mol. The van der Waals surface area contributed by atoms with Gasteiger partial charge in [-0.15, -0.1) is 6.42 Å². The Morgan fingerprint density at radius 1 is 1.50 bits per heavy atom. The number of carbonyl (C=O) groups is 1. The van der Waals surface area contributed by atoms with E-state index in [1.807, 2.05) is 31.2 Å². The lowest BCUT2D eigenvalue weighted by Gasteiger charge is -2.17. The SMILES string of the molecule is C#CCN(C(N)=O)c1ccc(C)cc1. The fourth-order valence-corrected chi connectivity index (χ4v) is 1.11. The number of carbonyl (C=O) groups excluding carboxylic acids is 1. The number of aryl methyl sites for hydroxylation is 1. The molecule has 0 unspecified atom stereocenters. The number of nitrogens with zero attached hydrogens (tertiary/aromatic N) is 1. The maximum atomic E-state index is 11.0. The minimum atomic E-state index is -0.535. The molecule has 0 fully saturated rings. The fourth-order valence-electron chi connectivity index (χ4n) is 1.11. The van der Waals surface area contributed by atoms with Crippen LogP contribution >= 0.6 is 0 Å². The van der Waals surface area contributed by atoms with Gasteiger partial charge in [-0.1, -0.05) is 23.6 Å². The highest BCUT2D eigenvalue weighted by Gasteiger charge is 2.09. The quantitative estimate of drug-likeness (QED) is 0.702. The van der Waals surface area contributed by atoms with Crippen molar-refractivity contribution >= 4 is 11.7 Å². The summed E-state index contributed by atoms with van der Waals surface area (Å²) in [6.45, 7) is 2.16. The first-order valence-electron chi connectivity index (χ1n) is 4.22. The summed E-state index contributed by atoms with van der Waals surface area (Å²) in [7, 11) is 0. The molecule has 0 bridgehead atoms. The molecule has 3 nitrogen and oxygen atoms in total. The lowest BCUT2D eigenvalue weighted by molar-refractivity contribution is 0.254. The van der Waals surface area contributed by atoms with Gasteiger partial charge in [0.25, 0.3) is 0 Å². The number of rotatable bonds is 2. The van der Waals surface area contributed by atoms with E-state index in [9.17, 15) is 4.79 Å². The van der Waals surface area contributed by atoms with Crippen molar-refractivity contribution in [2.75, 3.05) is 11.4 Å². The lowest BCUT2D eigenvalue weighted by atomic mass is 10.2. The Labute approximate surface area is 83.5 Å². The zero-order valence-electron chi connectivity index (χ0n) is 8.03. The maximum absolute atomic E-state index is 11.0. The Balaban J connectivity index is 2.95. The Morgan fingerprint density at radius 2 is 2.07 bits per heavy atom. The third-order valence-corrected chi connectivity index (χ3v) is 1.86. The molecular weight excluding hydrogens is 176 g/mol. The van der Waals surface area contributed by atoms with Crippen molar-refractivity contribution in [3.8, 4) is 12.3 Å². The van der Waals surface area contributed by atoms with E-state index in [0.29, 0.717) is 0 Å². The predicted octanol–water partition coefficient (Wildman–Crippen LogP) is 1.51. The van der Waals surface area contributed by atoms with E-state index in [-0.39, 0.29) is 6.54 Å². The topological polar surface area (TPSA) is 46.3 Å². The van der Waals surface area contributed by atoms with E-state index in [4.69, 9.17) is 12.2 Å². The van der Waals surface area contributed by atoms with Crippen LogP contribution in [0.1, 0.15) is 5.56 Å². The van der Waals surface area contributed by atoms with Crippen LogP contribution in [0.5, 0.6) is 0 Å². The van der Waals surface area contributed by atoms with Gasteiger partial charge < -0.3 is 5.73 Å². The van der Waals surface area contributed by atoms with E-state index in [0.717, 1.165) is 11.3 Å². The number of amides is 2. The molecule has 72 valence electrons. The van der Waals surface area contributed by atoms with Crippen LogP contribution in [0.2, 0.25) is 0 Å². The summed E-state index contributed by atoms with van der Waals surface area (Å²) >= 11 is 0. The third kappa shape index (κ3) is 2.27. The Kier molecular flexibility index (Phi) is 3.14. The van der Waals surface area contributed by atoms with Gasteiger partial charge in [-0.05, 0) is 19.1 Å². The highest BCUT2D eigenvalue weighted by molar-refractivity contribution is 5.91. The molecule has 0 saturated carbocycles. The minimum Gasteiger partial charge on any atom is -0.351 e. The number of primary amides is 1. The molecule has 0 saturated heterocycles. The second-order valence-corrected chi connectivity index (χ2v) is 2.96. The van der Waals surface area contributed by atoms with Gasteiger partial charge in [0, 0.05) is 5.69 Å². The second kappa shape index (κ2) is 4.33. The van der Waals surface area contributed by atoms with Crippen LogP contribution in [0.15, 0.2) is 24.3 Å². The van der Waals surface area contributed by atoms with Crippen molar-refractivity contribution in [2.45, 2.75) is 6.92 Å². The standard InChI is InChI=1S/C11H12N2O/c1-3-8-13(11(12)14)10-6-4-9(2)5-7-10/h1,4-7H,8H2,2H3,(H2,12,14). The molecule has 3 heteroatoms. The fraction of sp³-hybridized carbons (Fsp3) is 0.182. The van der Waals surface area contributed by atoms with Crippen molar-refractivity contribution in [2.24, 2.45) is 5.73 Å². The first kappa shape index (κ1) is 10.1. The highest BCUT2D eigenvalue weighted by Crippen LogP contribution is 2.14. The van der Waals surface area contributed by atoms with E-state index >= 15 is 0 Å². The number of anilines is 1. The molecule has 2 N–H and O–H groups in total. The summed E-state index contributed by atoms with van der Waals surface area (Å²) in [5, 5.41) is 0. The van der Waals surface area contributed by atoms with Crippen molar-refractivity contribution in [3.63, 3.8) is 0 Å². The van der Waals surface area contributed by atoms with E-state index in [1.54, 1.807) is 0 Å². The summed E-state index contributed by atoms with van der Waals surface area (Å²) in [6, 6.07) is 6.91. The highest BCUT2D eigenvalue weighted by atomic mass is 16.2. The zero-order valence-corrected chi connectivity index (χ0v) is 8.03. The molecule has 14 heavy (non-hydrogen) atoms. The van der Waals surface area contributed by atoms with Gasteiger partial charge in [-0.25, -0.2) is 4.79 Å². The van der Waals surface area contributed by atoms with E-state index < -0.39 is 6.03 Å². The summed E-state index contributed by atoms with van der Waals surface area (Å²) in [6.07, 6.45) is 5.14. The maximum Gasteiger partial charge on any atom is 0.320 e. The van der Waals surface area contributed by atoms with Gasteiger partial charge in [0.1, 0.15) is 0 Å². The predicted molar refractivity (Wildman–Crippen MR) is 56.9 cm³/mol. The molecule has 0 radical (unpaired) electrons. The number of terminal acetylenes is 1. The van der Waals surface area contributed by atoms with Crippen LogP contribution in [0, 0.1) is 19.3 Å². The Hall–Kier alpha value is -1.95.